The van der Waals surface area contributed by atoms with Crippen LogP contribution in [0.15, 0.2) is 0 Å². The normalized spacial score (nSPS) is 20.1. The van der Waals surface area contributed by atoms with Crippen LogP contribution >= 0.6 is 0 Å². The van der Waals surface area contributed by atoms with E-state index in [2.05, 4.69) is 5.32 Å². The first-order chi connectivity index (χ1) is 8.79. The third kappa shape index (κ3) is 5.88. The fourth-order valence-corrected chi connectivity index (χ4v) is 2.47. The zero-order valence-corrected chi connectivity index (χ0v) is 11.4. The zero-order valence-electron chi connectivity index (χ0n) is 10.5. The minimum atomic E-state index is -3.61. The van der Waals surface area contributed by atoms with E-state index >= 15 is 0 Å². The number of hydrogen-bond acceptors (Lipinski definition) is 4. The average Bonchev–Trinajstić information content (AvgIpc) is 2.27. The standard InChI is InChI=1S/C10H19N3O5S/c11-19(17,18)6-4-12-10(16)13-5-2-1-3-8(13)7-9(14)15/h8H,1-7H2,(H,12,16)(H,14,15)(H2,11,17,18). The lowest BCUT2D eigenvalue weighted by Crippen LogP contribution is -2.50. The Kier molecular flexibility index (Phi) is 5.55. The van der Waals surface area contributed by atoms with Gasteiger partial charge in [0.2, 0.25) is 10.0 Å². The number of nitrogens with two attached hydrogens (primary N) is 1. The molecular formula is C10H19N3O5S. The predicted octanol–water partition coefficient (Wildman–Crippen LogP) is -0.686. The van der Waals surface area contributed by atoms with Crippen LogP contribution in [0.3, 0.4) is 0 Å². The highest BCUT2D eigenvalue weighted by atomic mass is 32.2. The van der Waals surface area contributed by atoms with Crippen molar-refractivity contribution >= 4 is 22.0 Å². The molecule has 1 atom stereocenters. The summed E-state index contributed by atoms with van der Waals surface area (Å²) in [5.41, 5.74) is 0. The topological polar surface area (TPSA) is 130 Å². The third-order valence-corrected chi connectivity index (χ3v) is 3.73. The number of carbonyl (C=O) groups is 2. The number of carboxylic acid groups (broad SMARTS) is 1. The van der Waals surface area contributed by atoms with Crippen molar-refractivity contribution in [3.8, 4) is 0 Å². The van der Waals surface area contributed by atoms with Gasteiger partial charge in [-0.25, -0.2) is 18.4 Å². The van der Waals surface area contributed by atoms with Gasteiger partial charge in [-0.1, -0.05) is 0 Å². The van der Waals surface area contributed by atoms with Crippen LogP contribution in [-0.4, -0.2) is 55.3 Å². The zero-order chi connectivity index (χ0) is 14.5. The first kappa shape index (κ1) is 15.7. The molecular weight excluding hydrogens is 274 g/mol. The summed E-state index contributed by atoms with van der Waals surface area (Å²) in [6.45, 7) is 0.410. The Balaban J connectivity index is 2.50. The molecule has 0 saturated carbocycles. The number of carboxylic acids is 1. The molecule has 1 rings (SSSR count). The molecule has 1 aliphatic heterocycles. The van der Waals surface area contributed by atoms with Crippen LogP contribution in [0.2, 0.25) is 0 Å². The number of aliphatic carboxylic acids is 1. The van der Waals surface area contributed by atoms with E-state index in [1.807, 2.05) is 0 Å². The maximum atomic E-state index is 11.9. The predicted molar refractivity (Wildman–Crippen MR) is 68.0 cm³/mol. The summed E-state index contributed by atoms with van der Waals surface area (Å²) in [6, 6.07) is -0.768. The molecule has 4 N–H and O–H groups in total. The minimum absolute atomic E-state index is 0.0754. The molecule has 0 aromatic heterocycles. The minimum Gasteiger partial charge on any atom is -0.481 e. The highest BCUT2D eigenvalue weighted by Gasteiger charge is 2.28. The van der Waals surface area contributed by atoms with Crippen molar-refractivity contribution in [1.82, 2.24) is 10.2 Å². The molecule has 0 aliphatic carbocycles. The van der Waals surface area contributed by atoms with Crippen molar-refractivity contribution < 1.29 is 23.1 Å². The van der Waals surface area contributed by atoms with E-state index in [1.54, 1.807) is 0 Å². The number of rotatable bonds is 5. The molecule has 1 aliphatic rings. The van der Waals surface area contributed by atoms with Gasteiger partial charge in [0.15, 0.2) is 0 Å². The first-order valence-electron chi connectivity index (χ1n) is 6.06. The Bertz CT molecular complexity index is 436. The molecule has 1 saturated heterocycles. The van der Waals surface area contributed by atoms with E-state index in [1.165, 1.54) is 4.90 Å². The van der Waals surface area contributed by atoms with E-state index in [9.17, 15) is 18.0 Å². The summed E-state index contributed by atoms with van der Waals surface area (Å²) in [5, 5.41) is 16.1. The van der Waals surface area contributed by atoms with Crippen molar-refractivity contribution in [1.29, 1.82) is 0 Å². The highest BCUT2D eigenvalue weighted by Crippen LogP contribution is 2.19. The number of piperidine rings is 1. The number of amides is 2. The summed E-state index contributed by atoms with van der Waals surface area (Å²) < 4.78 is 21.5. The van der Waals surface area contributed by atoms with Gasteiger partial charge in [-0.05, 0) is 19.3 Å². The number of likely N-dealkylation sites (tertiary alicyclic amines) is 1. The third-order valence-electron chi connectivity index (χ3n) is 2.96. The molecule has 2 amide bonds. The van der Waals surface area contributed by atoms with Gasteiger partial charge in [0.05, 0.1) is 12.2 Å². The van der Waals surface area contributed by atoms with Gasteiger partial charge < -0.3 is 15.3 Å². The van der Waals surface area contributed by atoms with Crippen molar-refractivity contribution in [3.63, 3.8) is 0 Å². The van der Waals surface area contributed by atoms with Gasteiger partial charge in [0, 0.05) is 19.1 Å². The summed E-state index contributed by atoms with van der Waals surface area (Å²) in [5.74, 6) is -1.29. The second-order valence-electron chi connectivity index (χ2n) is 4.54. The molecule has 0 aromatic rings. The lowest BCUT2D eigenvalue weighted by molar-refractivity contribution is -0.138. The first-order valence-corrected chi connectivity index (χ1v) is 7.78. The van der Waals surface area contributed by atoms with E-state index < -0.39 is 22.0 Å². The van der Waals surface area contributed by atoms with Gasteiger partial charge >= 0.3 is 12.0 Å². The van der Waals surface area contributed by atoms with Gasteiger partial charge in [-0.15, -0.1) is 0 Å². The number of nitrogens with one attached hydrogen (secondary N) is 1. The summed E-state index contributed by atoms with van der Waals surface area (Å²) >= 11 is 0. The fraction of sp³-hybridized carbons (Fsp3) is 0.800. The highest BCUT2D eigenvalue weighted by molar-refractivity contribution is 7.89. The van der Waals surface area contributed by atoms with Crippen molar-refractivity contribution in [2.24, 2.45) is 5.14 Å². The average molecular weight is 293 g/mol. The molecule has 9 heteroatoms. The number of sulfonamides is 1. The Labute approximate surface area is 112 Å². The molecule has 0 spiro atoms. The van der Waals surface area contributed by atoms with E-state index in [4.69, 9.17) is 10.2 Å². The molecule has 1 heterocycles. The second-order valence-corrected chi connectivity index (χ2v) is 6.27. The SMILES string of the molecule is NS(=O)(=O)CCNC(=O)N1CCCCC1CC(=O)O. The Hall–Kier alpha value is -1.35. The molecule has 110 valence electrons. The molecule has 0 radical (unpaired) electrons. The number of primary sulfonamides is 1. The smallest absolute Gasteiger partial charge is 0.317 e. The van der Waals surface area contributed by atoms with Crippen LogP contribution in [0.4, 0.5) is 4.79 Å². The van der Waals surface area contributed by atoms with Crippen molar-refractivity contribution in [3.05, 3.63) is 0 Å². The van der Waals surface area contributed by atoms with E-state index in [-0.39, 0.29) is 24.8 Å². The number of hydrogen-bond donors (Lipinski definition) is 3. The summed E-state index contributed by atoms with van der Waals surface area (Å²) in [6.07, 6.45) is 2.26. The van der Waals surface area contributed by atoms with Crippen molar-refractivity contribution in [2.45, 2.75) is 31.7 Å². The fourth-order valence-electron chi connectivity index (χ4n) is 2.08. The van der Waals surface area contributed by atoms with E-state index in [0.29, 0.717) is 13.0 Å². The van der Waals surface area contributed by atoms with Crippen LogP contribution in [-0.2, 0) is 14.8 Å². The Morgan fingerprint density at radius 3 is 2.63 bits per heavy atom. The van der Waals surface area contributed by atoms with Gasteiger partial charge in [0.25, 0.3) is 0 Å². The summed E-state index contributed by atoms with van der Waals surface area (Å²) in [4.78, 5) is 24.0. The molecule has 19 heavy (non-hydrogen) atoms. The Morgan fingerprint density at radius 2 is 2.05 bits per heavy atom. The molecule has 1 unspecified atom stereocenters. The number of carbonyl (C=O) groups excluding carboxylic acids is 1. The van der Waals surface area contributed by atoms with Gasteiger partial charge in [-0.3, -0.25) is 4.79 Å². The summed E-state index contributed by atoms with van der Waals surface area (Å²) in [7, 11) is -3.61. The van der Waals surface area contributed by atoms with Crippen LogP contribution < -0.4 is 10.5 Å². The maximum absolute atomic E-state index is 11.9. The number of nitrogens with zero attached hydrogens (tertiary/aromatic N) is 1. The maximum Gasteiger partial charge on any atom is 0.317 e. The molecule has 0 bridgehead atoms. The molecule has 1 fully saturated rings. The second kappa shape index (κ2) is 6.71. The van der Waals surface area contributed by atoms with Crippen LogP contribution in [0.1, 0.15) is 25.7 Å². The largest absolute Gasteiger partial charge is 0.481 e. The Morgan fingerprint density at radius 1 is 1.37 bits per heavy atom. The van der Waals surface area contributed by atoms with Crippen LogP contribution in [0.5, 0.6) is 0 Å². The molecule has 8 nitrogen and oxygen atoms in total. The molecule has 0 aromatic carbocycles. The van der Waals surface area contributed by atoms with Crippen LogP contribution in [0.25, 0.3) is 0 Å². The van der Waals surface area contributed by atoms with Crippen LogP contribution in [0, 0.1) is 0 Å². The van der Waals surface area contributed by atoms with E-state index in [0.717, 1.165) is 12.8 Å². The number of urea groups is 1. The lowest BCUT2D eigenvalue weighted by Gasteiger charge is -2.34. The van der Waals surface area contributed by atoms with Gasteiger partial charge in [-0.2, -0.15) is 0 Å². The van der Waals surface area contributed by atoms with Crippen molar-refractivity contribution in [2.75, 3.05) is 18.8 Å². The monoisotopic (exact) mass is 293 g/mol. The lowest BCUT2D eigenvalue weighted by atomic mass is 10.00. The van der Waals surface area contributed by atoms with Gasteiger partial charge in [0.1, 0.15) is 0 Å². The quantitative estimate of drug-likeness (QED) is 0.618.